The highest BCUT2D eigenvalue weighted by atomic mass is 16.2. The third-order valence-corrected chi connectivity index (χ3v) is 7.76. The van der Waals surface area contributed by atoms with Crippen molar-refractivity contribution < 1.29 is 9.59 Å². The highest BCUT2D eigenvalue weighted by Crippen LogP contribution is 2.47. The summed E-state index contributed by atoms with van der Waals surface area (Å²) in [5, 5.41) is 6.16. The summed E-state index contributed by atoms with van der Waals surface area (Å²) in [5.41, 5.74) is 5.46. The molecule has 0 aliphatic heterocycles. The Morgan fingerprint density at radius 2 is 1.49 bits per heavy atom. The Morgan fingerprint density at radius 3 is 2.24 bits per heavy atom. The summed E-state index contributed by atoms with van der Waals surface area (Å²) in [5.74, 6) is 1.41. The van der Waals surface area contributed by atoms with E-state index >= 15 is 0 Å². The molecule has 2 aliphatic rings. The number of nitrogens with one attached hydrogen (secondary N) is 3. The minimum atomic E-state index is 0.0250. The van der Waals surface area contributed by atoms with E-state index in [0.717, 1.165) is 65.9 Å². The number of rotatable bonds is 6. The van der Waals surface area contributed by atoms with Crippen LogP contribution in [0.2, 0.25) is 0 Å². The summed E-state index contributed by atoms with van der Waals surface area (Å²) in [4.78, 5) is 33.6. The van der Waals surface area contributed by atoms with Crippen LogP contribution in [-0.2, 0) is 9.59 Å². The van der Waals surface area contributed by atoms with Gasteiger partial charge in [-0.15, -0.1) is 0 Å². The van der Waals surface area contributed by atoms with Gasteiger partial charge in [-0.2, -0.15) is 0 Å². The van der Waals surface area contributed by atoms with Crippen molar-refractivity contribution in [2.24, 2.45) is 11.8 Å². The molecule has 2 fully saturated rings. The molecule has 0 radical (unpaired) electrons. The average Bonchev–Trinajstić information content (AvgIpc) is 3.68. The Bertz CT molecular complexity index is 1400. The predicted molar refractivity (Wildman–Crippen MR) is 147 cm³/mol. The second-order valence-electron chi connectivity index (χ2n) is 10.4. The molecular weight excluding hydrogens is 460 g/mol. The van der Waals surface area contributed by atoms with Gasteiger partial charge in [0.2, 0.25) is 11.8 Å². The van der Waals surface area contributed by atoms with Gasteiger partial charge in [-0.1, -0.05) is 56.0 Å². The van der Waals surface area contributed by atoms with E-state index in [9.17, 15) is 9.59 Å². The predicted octanol–water partition coefficient (Wildman–Crippen LogP) is 6.88. The quantitative estimate of drug-likeness (QED) is 0.256. The summed E-state index contributed by atoms with van der Waals surface area (Å²) < 4.78 is 0. The van der Waals surface area contributed by atoms with Crippen molar-refractivity contribution in [3.8, 4) is 11.4 Å². The van der Waals surface area contributed by atoms with Gasteiger partial charge in [0.05, 0.1) is 11.0 Å². The summed E-state index contributed by atoms with van der Waals surface area (Å²) in [6.07, 6.45) is 7.62. The second kappa shape index (κ2) is 10.2. The molecule has 3 aromatic carbocycles. The van der Waals surface area contributed by atoms with E-state index in [-0.39, 0.29) is 23.7 Å². The Labute approximate surface area is 216 Å². The third kappa shape index (κ3) is 5.29. The van der Waals surface area contributed by atoms with Crippen molar-refractivity contribution in [2.75, 3.05) is 10.6 Å². The van der Waals surface area contributed by atoms with Crippen LogP contribution in [0.4, 0.5) is 11.4 Å². The van der Waals surface area contributed by atoms with Crippen LogP contribution in [0.1, 0.15) is 56.4 Å². The van der Waals surface area contributed by atoms with E-state index < -0.39 is 0 Å². The normalized spacial score (nSPS) is 19.8. The van der Waals surface area contributed by atoms with Crippen LogP contribution in [0.25, 0.3) is 22.4 Å². The fourth-order valence-corrected chi connectivity index (χ4v) is 5.51. The third-order valence-electron chi connectivity index (χ3n) is 7.76. The van der Waals surface area contributed by atoms with Crippen molar-refractivity contribution in [2.45, 2.75) is 50.9 Å². The lowest BCUT2D eigenvalue weighted by Crippen LogP contribution is -2.22. The number of H-pyrrole nitrogens is 1. The lowest BCUT2D eigenvalue weighted by Gasteiger charge is -2.14. The second-order valence-corrected chi connectivity index (χ2v) is 10.4. The van der Waals surface area contributed by atoms with Gasteiger partial charge in [0, 0.05) is 28.8 Å². The van der Waals surface area contributed by atoms with E-state index in [1.165, 1.54) is 18.4 Å². The number of anilines is 2. The zero-order valence-electron chi connectivity index (χ0n) is 20.9. The Morgan fingerprint density at radius 1 is 0.784 bits per heavy atom. The molecule has 0 bridgehead atoms. The molecule has 3 N–H and O–H groups in total. The molecule has 2 unspecified atom stereocenters. The molecule has 0 saturated heterocycles. The van der Waals surface area contributed by atoms with E-state index in [2.05, 4.69) is 27.8 Å². The SMILES string of the molecule is O=C(Nc1ccc(-c2nc3ccc(NC(=O)C4CC4c4ccccc4)cc3[nH]2)cc1)C1CCCCCC1. The van der Waals surface area contributed by atoms with E-state index in [1.54, 1.807) is 0 Å². The first-order valence-electron chi connectivity index (χ1n) is 13.4. The van der Waals surface area contributed by atoms with E-state index in [0.29, 0.717) is 5.92 Å². The first kappa shape index (κ1) is 23.5. The number of hydrogen-bond donors (Lipinski definition) is 3. The fraction of sp³-hybridized carbons (Fsp3) is 0.323. The minimum absolute atomic E-state index is 0.0250. The Kier molecular flexibility index (Phi) is 6.47. The highest BCUT2D eigenvalue weighted by molar-refractivity contribution is 5.97. The molecule has 2 aliphatic carbocycles. The van der Waals surface area contributed by atoms with Crippen LogP contribution in [-0.4, -0.2) is 21.8 Å². The number of nitrogens with zero attached hydrogens (tertiary/aromatic N) is 1. The van der Waals surface area contributed by atoms with Crippen LogP contribution in [0.3, 0.4) is 0 Å². The lowest BCUT2D eigenvalue weighted by atomic mass is 9.99. The maximum absolute atomic E-state index is 12.8. The number of amides is 2. The molecule has 37 heavy (non-hydrogen) atoms. The van der Waals surface area contributed by atoms with Crippen LogP contribution in [0.5, 0.6) is 0 Å². The van der Waals surface area contributed by atoms with Crippen molar-refractivity contribution in [3.05, 3.63) is 78.4 Å². The summed E-state index contributed by atoms with van der Waals surface area (Å²) in [6.45, 7) is 0. The van der Waals surface area contributed by atoms with Gasteiger partial charge < -0.3 is 15.6 Å². The Hall–Kier alpha value is -3.93. The average molecular weight is 493 g/mol. The first-order valence-corrected chi connectivity index (χ1v) is 13.4. The number of carbonyl (C=O) groups is 2. The van der Waals surface area contributed by atoms with Crippen LogP contribution < -0.4 is 10.6 Å². The van der Waals surface area contributed by atoms with Crippen LogP contribution in [0.15, 0.2) is 72.8 Å². The number of imidazole rings is 1. The van der Waals surface area contributed by atoms with Crippen molar-refractivity contribution >= 4 is 34.2 Å². The molecule has 6 rings (SSSR count). The number of fused-ring (bicyclic) bond motifs is 1. The van der Waals surface area contributed by atoms with Crippen LogP contribution >= 0.6 is 0 Å². The summed E-state index contributed by atoms with van der Waals surface area (Å²) in [6, 6.07) is 23.8. The Balaban J connectivity index is 1.10. The summed E-state index contributed by atoms with van der Waals surface area (Å²) in [7, 11) is 0. The van der Waals surface area contributed by atoms with Gasteiger partial charge in [0.25, 0.3) is 0 Å². The molecule has 0 spiro atoms. The number of carbonyl (C=O) groups excluding carboxylic acids is 2. The maximum atomic E-state index is 12.8. The van der Waals surface area contributed by atoms with E-state index in [4.69, 9.17) is 4.98 Å². The van der Waals surface area contributed by atoms with Gasteiger partial charge in [-0.05, 0) is 73.2 Å². The van der Waals surface area contributed by atoms with Gasteiger partial charge in [-0.25, -0.2) is 4.98 Å². The van der Waals surface area contributed by atoms with Gasteiger partial charge in [-0.3, -0.25) is 9.59 Å². The van der Waals surface area contributed by atoms with Gasteiger partial charge >= 0.3 is 0 Å². The molecule has 2 amide bonds. The maximum Gasteiger partial charge on any atom is 0.228 e. The lowest BCUT2D eigenvalue weighted by molar-refractivity contribution is -0.120. The molecule has 188 valence electrons. The number of benzene rings is 3. The molecule has 2 atom stereocenters. The largest absolute Gasteiger partial charge is 0.338 e. The highest BCUT2D eigenvalue weighted by Gasteiger charge is 2.43. The smallest absolute Gasteiger partial charge is 0.228 e. The standard InChI is InChI=1S/C31H32N4O2/c36-30(22-10-4-1-2-5-11-22)32-23-14-12-21(13-15-23)29-34-27-17-16-24(18-28(27)35-29)33-31(37)26-19-25(26)20-8-6-3-7-9-20/h3,6-9,12-18,22,25-26H,1-2,4-5,10-11,19H2,(H,32,36)(H,33,37)(H,34,35). The molecule has 6 nitrogen and oxygen atoms in total. The number of aromatic nitrogens is 2. The minimum Gasteiger partial charge on any atom is -0.338 e. The zero-order chi connectivity index (χ0) is 25.2. The molecule has 4 aromatic rings. The number of aromatic amines is 1. The molecule has 6 heteroatoms. The first-order chi connectivity index (χ1) is 18.1. The van der Waals surface area contributed by atoms with Crippen molar-refractivity contribution in [1.29, 1.82) is 0 Å². The monoisotopic (exact) mass is 492 g/mol. The zero-order valence-corrected chi connectivity index (χ0v) is 20.9. The van der Waals surface area contributed by atoms with Crippen molar-refractivity contribution in [3.63, 3.8) is 0 Å². The van der Waals surface area contributed by atoms with Crippen LogP contribution in [0, 0.1) is 11.8 Å². The fourth-order valence-electron chi connectivity index (χ4n) is 5.51. The number of hydrogen-bond acceptors (Lipinski definition) is 3. The summed E-state index contributed by atoms with van der Waals surface area (Å²) >= 11 is 0. The molecular formula is C31H32N4O2. The van der Waals surface area contributed by atoms with Gasteiger partial charge in [0.1, 0.15) is 5.82 Å². The molecule has 1 heterocycles. The van der Waals surface area contributed by atoms with Crippen molar-refractivity contribution in [1.82, 2.24) is 9.97 Å². The molecule has 2 saturated carbocycles. The molecule has 1 aromatic heterocycles. The topological polar surface area (TPSA) is 86.9 Å². The van der Waals surface area contributed by atoms with Gasteiger partial charge in [0.15, 0.2) is 0 Å². The van der Waals surface area contributed by atoms with E-state index in [1.807, 2.05) is 60.7 Å².